The molecule has 4 rings (SSSR count). The SMILES string of the molecule is C.COC(=O)Nc1ccc(NC2=C(N3CCCC3)C(=O)c3ccccc3C2=O)cc1. The van der Waals surface area contributed by atoms with Gasteiger partial charge < -0.3 is 15.0 Å². The summed E-state index contributed by atoms with van der Waals surface area (Å²) in [7, 11) is 1.29. The van der Waals surface area contributed by atoms with Crippen molar-refractivity contribution in [1.82, 2.24) is 4.90 Å². The van der Waals surface area contributed by atoms with Crippen LogP contribution in [0.5, 0.6) is 0 Å². The molecule has 0 aromatic heterocycles. The van der Waals surface area contributed by atoms with E-state index in [1.54, 1.807) is 48.5 Å². The van der Waals surface area contributed by atoms with E-state index in [0.29, 0.717) is 33.9 Å². The van der Waals surface area contributed by atoms with Crippen LogP contribution in [0.2, 0.25) is 0 Å². The first-order valence-corrected chi connectivity index (χ1v) is 9.48. The molecule has 0 spiro atoms. The number of fused-ring (bicyclic) bond motifs is 1. The van der Waals surface area contributed by atoms with E-state index in [2.05, 4.69) is 15.4 Å². The fourth-order valence-electron chi connectivity index (χ4n) is 3.67. The van der Waals surface area contributed by atoms with Gasteiger partial charge in [0.15, 0.2) is 0 Å². The first kappa shape index (κ1) is 21.1. The number of carbonyl (C=O) groups excluding carboxylic acids is 3. The average molecular weight is 407 g/mol. The Morgan fingerprint density at radius 3 is 2.07 bits per heavy atom. The maximum absolute atomic E-state index is 13.2. The van der Waals surface area contributed by atoms with E-state index in [-0.39, 0.29) is 19.0 Å². The molecule has 1 aliphatic carbocycles. The van der Waals surface area contributed by atoms with Gasteiger partial charge in [-0.25, -0.2) is 4.79 Å². The number of nitrogens with zero attached hydrogens (tertiary/aromatic N) is 1. The largest absolute Gasteiger partial charge is 0.453 e. The molecule has 2 aromatic carbocycles. The van der Waals surface area contributed by atoms with Crippen molar-refractivity contribution in [2.45, 2.75) is 20.3 Å². The van der Waals surface area contributed by atoms with Crippen molar-refractivity contribution in [2.75, 3.05) is 30.8 Å². The van der Waals surface area contributed by atoms with Crippen molar-refractivity contribution in [3.8, 4) is 0 Å². The Kier molecular flexibility index (Phi) is 6.20. The number of benzene rings is 2. The van der Waals surface area contributed by atoms with Crippen molar-refractivity contribution in [1.29, 1.82) is 0 Å². The van der Waals surface area contributed by atoms with Gasteiger partial charge in [-0.2, -0.15) is 0 Å². The van der Waals surface area contributed by atoms with Gasteiger partial charge in [0.2, 0.25) is 11.6 Å². The third kappa shape index (κ3) is 3.91. The minimum absolute atomic E-state index is 0. The summed E-state index contributed by atoms with van der Waals surface area (Å²) in [5.74, 6) is -0.326. The first-order chi connectivity index (χ1) is 14.1. The highest BCUT2D eigenvalue weighted by Crippen LogP contribution is 2.31. The Balaban J connectivity index is 0.00000256. The summed E-state index contributed by atoms with van der Waals surface area (Å²) in [6.07, 6.45) is 1.43. The minimum atomic E-state index is -0.561. The normalized spacial score (nSPS) is 15.4. The Hall–Kier alpha value is -3.61. The standard InChI is InChI=1S/C22H21N3O4.CH4/c1-29-22(28)24-15-10-8-14(9-11-15)23-18-19(25-12-4-5-13-25)21(27)17-7-3-2-6-16(17)20(18)26;/h2-3,6-11,23H,4-5,12-13H2,1H3,(H,24,28);1H4. The third-order valence-corrected chi connectivity index (χ3v) is 5.10. The van der Waals surface area contributed by atoms with Crippen molar-refractivity contribution >= 4 is 29.0 Å². The van der Waals surface area contributed by atoms with Gasteiger partial charge in [-0.15, -0.1) is 0 Å². The summed E-state index contributed by atoms with van der Waals surface area (Å²) in [6.45, 7) is 1.51. The maximum atomic E-state index is 13.2. The topological polar surface area (TPSA) is 87.7 Å². The number of carbonyl (C=O) groups is 3. The second kappa shape index (κ2) is 8.82. The lowest BCUT2D eigenvalue weighted by Crippen LogP contribution is -2.35. The smallest absolute Gasteiger partial charge is 0.411 e. The van der Waals surface area contributed by atoms with E-state index in [1.165, 1.54) is 7.11 Å². The fraction of sp³-hybridized carbons (Fsp3) is 0.261. The highest BCUT2D eigenvalue weighted by molar-refractivity contribution is 6.27. The van der Waals surface area contributed by atoms with Crippen LogP contribution in [-0.2, 0) is 4.74 Å². The zero-order chi connectivity index (χ0) is 20.4. The van der Waals surface area contributed by atoms with Crippen molar-refractivity contribution in [2.24, 2.45) is 0 Å². The van der Waals surface area contributed by atoms with Crippen LogP contribution in [0.1, 0.15) is 41.0 Å². The molecule has 0 atom stereocenters. The average Bonchev–Trinajstić information content (AvgIpc) is 3.27. The molecule has 0 unspecified atom stereocenters. The number of anilines is 2. The summed E-state index contributed by atoms with van der Waals surface area (Å²) in [6, 6.07) is 13.8. The second-order valence-corrected chi connectivity index (χ2v) is 6.94. The molecule has 1 amide bonds. The molecule has 7 heteroatoms. The monoisotopic (exact) mass is 407 g/mol. The van der Waals surface area contributed by atoms with E-state index < -0.39 is 6.09 Å². The number of hydrogen-bond donors (Lipinski definition) is 2. The molecular formula is C23H25N3O4. The number of nitrogens with one attached hydrogen (secondary N) is 2. The lowest BCUT2D eigenvalue weighted by atomic mass is 9.89. The number of rotatable bonds is 4. The second-order valence-electron chi connectivity index (χ2n) is 6.94. The van der Waals surface area contributed by atoms with E-state index in [0.717, 1.165) is 25.9 Å². The zero-order valence-corrected chi connectivity index (χ0v) is 16.0. The van der Waals surface area contributed by atoms with Gasteiger partial charge in [0, 0.05) is 35.6 Å². The van der Waals surface area contributed by atoms with Crippen LogP contribution in [0, 0.1) is 0 Å². The number of Topliss-reactive ketones (excluding diaryl/α,β-unsaturated/α-hetero) is 2. The summed E-state index contributed by atoms with van der Waals surface area (Å²) in [5.41, 5.74) is 2.79. The predicted molar refractivity (Wildman–Crippen MR) is 116 cm³/mol. The molecular weight excluding hydrogens is 382 g/mol. The Labute approximate surface area is 175 Å². The molecule has 1 saturated heterocycles. The molecule has 0 saturated carbocycles. The van der Waals surface area contributed by atoms with Gasteiger partial charge in [-0.1, -0.05) is 31.7 Å². The zero-order valence-electron chi connectivity index (χ0n) is 16.0. The molecule has 0 bridgehead atoms. The summed E-state index contributed by atoms with van der Waals surface area (Å²) >= 11 is 0. The number of likely N-dealkylation sites (tertiary alicyclic amines) is 1. The number of hydrogen-bond acceptors (Lipinski definition) is 6. The maximum Gasteiger partial charge on any atom is 0.411 e. The molecule has 2 aliphatic rings. The molecule has 156 valence electrons. The van der Waals surface area contributed by atoms with Crippen LogP contribution in [0.25, 0.3) is 0 Å². The van der Waals surface area contributed by atoms with Gasteiger partial charge in [0.1, 0.15) is 11.4 Å². The lowest BCUT2D eigenvalue weighted by Gasteiger charge is -2.28. The van der Waals surface area contributed by atoms with Crippen molar-refractivity contribution in [3.63, 3.8) is 0 Å². The van der Waals surface area contributed by atoms with Crippen molar-refractivity contribution in [3.05, 3.63) is 71.1 Å². The highest BCUT2D eigenvalue weighted by atomic mass is 16.5. The van der Waals surface area contributed by atoms with Gasteiger partial charge in [0.05, 0.1) is 7.11 Å². The van der Waals surface area contributed by atoms with Gasteiger partial charge >= 0.3 is 6.09 Å². The Bertz CT molecular complexity index is 1010. The number of allylic oxidation sites excluding steroid dienone is 2. The predicted octanol–water partition coefficient (Wildman–Crippen LogP) is 4.30. The van der Waals surface area contributed by atoms with Gasteiger partial charge in [-0.3, -0.25) is 14.9 Å². The van der Waals surface area contributed by atoms with Crippen LogP contribution < -0.4 is 10.6 Å². The van der Waals surface area contributed by atoms with E-state index >= 15 is 0 Å². The third-order valence-electron chi connectivity index (χ3n) is 5.10. The van der Waals surface area contributed by atoms with Crippen LogP contribution in [0.4, 0.5) is 16.2 Å². The summed E-state index contributed by atoms with van der Waals surface area (Å²) < 4.78 is 4.58. The van der Waals surface area contributed by atoms with E-state index in [9.17, 15) is 14.4 Å². The Morgan fingerprint density at radius 1 is 0.900 bits per heavy atom. The molecule has 2 aromatic rings. The van der Waals surface area contributed by atoms with Crippen molar-refractivity contribution < 1.29 is 19.1 Å². The molecule has 7 nitrogen and oxygen atoms in total. The molecule has 0 radical (unpaired) electrons. The lowest BCUT2D eigenvalue weighted by molar-refractivity contribution is 0.0948. The number of methoxy groups -OCH3 is 1. The number of ether oxygens (including phenoxy) is 1. The van der Waals surface area contributed by atoms with Crippen LogP contribution in [0.15, 0.2) is 59.9 Å². The molecule has 1 aliphatic heterocycles. The molecule has 1 fully saturated rings. The molecule has 30 heavy (non-hydrogen) atoms. The molecule has 1 heterocycles. The van der Waals surface area contributed by atoms with Crippen LogP contribution in [0.3, 0.4) is 0 Å². The molecule has 2 N–H and O–H groups in total. The van der Waals surface area contributed by atoms with Crippen LogP contribution in [-0.4, -0.2) is 42.8 Å². The Morgan fingerprint density at radius 2 is 1.47 bits per heavy atom. The number of amides is 1. The first-order valence-electron chi connectivity index (χ1n) is 9.48. The van der Waals surface area contributed by atoms with E-state index in [1.807, 2.05) is 4.90 Å². The number of ketones is 2. The quantitative estimate of drug-likeness (QED) is 0.786. The van der Waals surface area contributed by atoms with Gasteiger partial charge in [0.25, 0.3) is 0 Å². The summed E-state index contributed by atoms with van der Waals surface area (Å²) in [4.78, 5) is 39.7. The van der Waals surface area contributed by atoms with Crippen LogP contribution >= 0.6 is 0 Å². The fourth-order valence-corrected chi connectivity index (χ4v) is 3.67. The van der Waals surface area contributed by atoms with Gasteiger partial charge in [-0.05, 0) is 37.1 Å². The summed E-state index contributed by atoms with van der Waals surface area (Å²) in [5, 5.41) is 5.72. The highest BCUT2D eigenvalue weighted by Gasteiger charge is 2.36. The minimum Gasteiger partial charge on any atom is -0.453 e. The van der Waals surface area contributed by atoms with E-state index in [4.69, 9.17) is 0 Å².